The van der Waals surface area contributed by atoms with Crippen molar-refractivity contribution in [3.05, 3.63) is 66.2 Å². The van der Waals surface area contributed by atoms with Gasteiger partial charge in [-0.1, -0.05) is 55.5 Å². The van der Waals surface area contributed by atoms with Crippen molar-refractivity contribution < 1.29 is 18.8 Å². The zero-order chi connectivity index (χ0) is 22.5. The van der Waals surface area contributed by atoms with Gasteiger partial charge in [0, 0.05) is 6.42 Å². The zero-order valence-electron chi connectivity index (χ0n) is 19.3. The number of para-hydroxylation sites is 1. The molecule has 2 aromatic rings. The minimum Gasteiger partial charge on any atom is -0.464 e. The van der Waals surface area contributed by atoms with Crippen LogP contribution in [0.5, 0.6) is 0 Å². The Kier molecular flexibility index (Phi) is 6.97. The maximum absolute atomic E-state index is 13.4. The average Bonchev–Trinajstić information content (AvgIpc) is 2.83. The molecule has 5 heteroatoms. The standard InChI is InChI=1S/C26H36N2O3/c1-5-24(29)28(3,23-14-10-7-11-15-23)26(25(30)31-4)17-20-27(2,21-18-26)19-16-22-12-8-6-9-13-22/h6-15H,5,16-21H2,1-4H3/q+2. The smallest absolute Gasteiger partial charge is 0.369 e. The van der Waals surface area contributed by atoms with Gasteiger partial charge in [-0.05, 0) is 17.7 Å². The molecule has 1 saturated heterocycles. The van der Waals surface area contributed by atoms with E-state index in [4.69, 9.17) is 4.74 Å². The highest BCUT2D eigenvalue weighted by atomic mass is 16.5. The minimum atomic E-state index is -0.909. The van der Waals surface area contributed by atoms with E-state index in [1.807, 2.05) is 50.4 Å². The van der Waals surface area contributed by atoms with Crippen LogP contribution in [0.15, 0.2) is 60.7 Å². The summed E-state index contributed by atoms with van der Waals surface area (Å²) in [7, 11) is 5.60. The zero-order valence-corrected chi connectivity index (χ0v) is 19.3. The lowest BCUT2D eigenvalue weighted by molar-refractivity contribution is -0.915. The van der Waals surface area contributed by atoms with Gasteiger partial charge in [0.25, 0.3) is 0 Å². The van der Waals surface area contributed by atoms with Crippen LogP contribution in [-0.2, 0) is 20.7 Å². The number of likely N-dealkylation sites (tertiary alicyclic amines) is 1. The first-order valence-corrected chi connectivity index (χ1v) is 11.2. The van der Waals surface area contributed by atoms with E-state index < -0.39 is 5.54 Å². The summed E-state index contributed by atoms with van der Waals surface area (Å²) in [5, 5.41) is 0. The molecule has 1 atom stereocenters. The summed E-state index contributed by atoms with van der Waals surface area (Å²) < 4.78 is 6.20. The third-order valence-corrected chi connectivity index (χ3v) is 7.41. The molecule has 5 nitrogen and oxygen atoms in total. The molecule has 1 aliphatic rings. The fraction of sp³-hybridized carbons (Fsp3) is 0.462. The van der Waals surface area contributed by atoms with Gasteiger partial charge >= 0.3 is 11.9 Å². The first kappa shape index (κ1) is 23.2. The highest BCUT2D eigenvalue weighted by molar-refractivity contribution is 5.97. The number of hydrogen-bond acceptors (Lipinski definition) is 3. The average molecular weight is 425 g/mol. The molecule has 0 saturated carbocycles. The molecule has 1 heterocycles. The van der Waals surface area contributed by atoms with Crippen LogP contribution >= 0.6 is 0 Å². The Hall–Kier alpha value is -2.50. The van der Waals surface area contributed by atoms with Crippen LogP contribution in [0.3, 0.4) is 0 Å². The van der Waals surface area contributed by atoms with E-state index in [9.17, 15) is 9.59 Å². The second-order valence-corrected chi connectivity index (χ2v) is 9.14. The number of carbonyl (C=O) groups is 2. The number of rotatable bonds is 7. The monoisotopic (exact) mass is 424 g/mol. The molecule has 166 valence electrons. The first-order chi connectivity index (χ1) is 14.8. The number of likely N-dealkylation sites (N-methyl/N-ethyl adjacent to an activating group) is 2. The third kappa shape index (κ3) is 4.30. The maximum atomic E-state index is 13.4. The number of amides is 1. The Morgan fingerprint density at radius 1 is 1.00 bits per heavy atom. The fourth-order valence-corrected chi connectivity index (χ4v) is 5.11. The molecule has 0 aliphatic carbocycles. The molecule has 1 aliphatic heterocycles. The number of quaternary nitrogens is 2. The Morgan fingerprint density at radius 2 is 1.55 bits per heavy atom. The lowest BCUT2D eigenvalue weighted by Crippen LogP contribution is -2.74. The summed E-state index contributed by atoms with van der Waals surface area (Å²) in [6.45, 7) is 4.55. The SMILES string of the molecule is CCC(=O)[N+](C)(c1ccccc1)C1(C(=O)OC)CC[N+](C)(CCc2ccccc2)CC1. The van der Waals surface area contributed by atoms with Crippen molar-refractivity contribution >= 4 is 17.6 Å². The lowest BCUT2D eigenvalue weighted by Gasteiger charge is -2.51. The Labute approximate surface area is 186 Å². The van der Waals surface area contributed by atoms with Crippen molar-refractivity contribution in [3.8, 4) is 0 Å². The van der Waals surface area contributed by atoms with Crippen LogP contribution in [0.1, 0.15) is 31.7 Å². The molecule has 0 spiro atoms. The maximum Gasteiger partial charge on any atom is 0.369 e. The van der Waals surface area contributed by atoms with Crippen molar-refractivity contribution in [2.24, 2.45) is 0 Å². The highest BCUT2D eigenvalue weighted by Gasteiger charge is 2.63. The van der Waals surface area contributed by atoms with Crippen molar-refractivity contribution in [2.45, 2.75) is 38.1 Å². The molecule has 3 rings (SSSR count). The summed E-state index contributed by atoms with van der Waals surface area (Å²) >= 11 is 0. The summed E-state index contributed by atoms with van der Waals surface area (Å²) in [6, 6.07) is 20.2. The molecule has 1 unspecified atom stereocenters. The molecule has 2 aromatic carbocycles. The van der Waals surface area contributed by atoms with Crippen LogP contribution in [-0.4, -0.2) is 62.7 Å². The molecule has 0 N–H and O–H groups in total. The number of piperidine rings is 1. The molecular weight excluding hydrogens is 388 g/mol. The van der Waals surface area contributed by atoms with Crippen LogP contribution in [0.4, 0.5) is 5.69 Å². The summed E-state index contributed by atoms with van der Waals surface area (Å²) in [5.74, 6) is -0.244. The van der Waals surface area contributed by atoms with E-state index in [2.05, 4.69) is 31.3 Å². The second kappa shape index (κ2) is 9.33. The number of esters is 1. The van der Waals surface area contributed by atoms with Crippen molar-refractivity contribution in [1.82, 2.24) is 4.48 Å². The van der Waals surface area contributed by atoms with Crippen LogP contribution in [0, 0.1) is 0 Å². The van der Waals surface area contributed by atoms with Crippen LogP contribution in [0.25, 0.3) is 0 Å². The van der Waals surface area contributed by atoms with Crippen LogP contribution < -0.4 is 4.48 Å². The summed E-state index contributed by atoms with van der Waals surface area (Å²) in [6.07, 6.45) is 2.59. The Morgan fingerprint density at radius 3 is 2.06 bits per heavy atom. The second-order valence-electron chi connectivity index (χ2n) is 9.14. The molecule has 0 aromatic heterocycles. The van der Waals surface area contributed by atoms with E-state index in [0.717, 1.165) is 36.2 Å². The van der Waals surface area contributed by atoms with E-state index in [-0.39, 0.29) is 16.4 Å². The first-order valence-electron chi connectivity index (χ1n) is 11.2. The highest BCUT2D eigenvalue weighted by Crippen LogP contribution is 2.42. The summed E-state index contributed by atoms with van der Waals surface area (Å²) in [5.41, 5.74) is 1.27. The van der Waals surface area contributed by atoms with Gasteiger partial charge in [-0.15, -0.1) is 0 Å². The van der Waals surface area contributed by atoms with Gasteiger partial charge in [0.15, 0.2) is 0 Å². The van der Waals surface area contributed by atoms with E-state index in [1.54, 1.807) is 0 Å². The quantitative estimate of drug-likeness (QED) is 0.499. The number of methoxy groups -OCH3 is 1. The molecule has 0 bridgehead atoms. The van der Waals surface area contributed by atoms with Crippen molar-refractivity contribution in [3.63, 3.8) is 0 Å². The summed E-state index contributed by atoms with van der Waals surface area (Å²) in [4.78, 5) is 26.7. The van der Waals surface area contributed by atoms with Gasteiger partial charge in [-0.2, -0.15) is 0 Å². The number of nitrogens with zero attached hydrogens (tertiary/aromatic N) is 2. The van der Waals surface area contributed by atoms with E-state index in [0.29, 0.717) is 19.3 Å². The van der Waals surface area contributed by atoms with Crippen molar-refractivity contribution in [2.75, 3.05) is 40.8 Å². The van der Waals surface area contributed by atoms with E-state index in [1.165, 1.54) is 12.7 Å². The fourth-order valence-electron chi connectivity index (χ4n) is 5.11. The molecular formula is C26H36N2O3+2. The largest absolute Gasteiger partial charge is 0.464 e. The number of ether oxygens (including phenoxy) is 1. The van der Waals surface area contributed by atoms with Crippen LogP contribution in [0.2, 0.25) is 0 Å². The van der Waals surface area contributed by atoms with Gasteiger partial charge in [-0.3, -0.25) is 0 Å². The molecule has 0 radical (unpaired) electrons. The normalized spacial score (nSPS) is 25.4. The number of carbonyl (C=O) groups excluding carboxylic acids is 2. The van der Waals surface area contributed by atoms with Gasteiger partial charge in [-0.25, -0.2) is 14.1 Å². The van der Waals surface area contributed by atoms with Gasteiger partial charge in [0.1, 0.15) is 5.69 Å². The third-order valence-electron chi connectivity index (χ3n) is 7.41. The molecule has 31 heavy (non-hydrogen) atoms. The van der Waals surface area contributed by atoms with Gasteiger partial charge < -0.3 is 9.22 Å². The molecule has 1 fully saturated rings. The number of benzene rings is 2. The predicted molar refractivity (Wildman–Crippen MR) is 124 cm³/mol. The Balaban J connectivity index is 1.91. The Bertz CT molecular complexity index is 889. The van der Waals surface area contributed by atoms with Crippen molar-refractivity contribution in [1.29, 1.82) is 0 Å². The van der Waals surface area contributed by atoms with Gasteiger partial charge in [0.05, 0.1) is 60.1 Å². The predicted octanol–water partition coefficient (Wildman–Crippen LogP) is 3.96. The van der Waals surface area contributed by atoms with E-state index >= 15 is 0 Å². The number of hydrogen-bond donors (Lipinski definition) is 0. The van der Waals surface area contributed by atoms with Gasteiger partial charge in [0.2, 0.25) is 5.54 Å². The lowest BCUT2D eigenvalue weighted by atomic mass is 9.81. The topological polar surface area (TPSA) is 43.4 Å². The minimum absolute atomic E-state index is 0.0320. The molecule has 1 amide bonds.